The summed E-state index contributed by atoms with van der Waals surface area (Å²) in [5, 5.41) is 5.36. The van der Waals surface area contributed by atoms with Gasteiger partial charge in [0.25, 0.3) is 0 Å². The summed E-state index contributed by atoms with van der Waals surface area (Å²) in [4.78, 5) is 20.7. The highest BCUT2D eigenvalue weighted by Crippen LogP contribution is 2.38. The summed E-state index contributed by atoms with van der Waals surface area (Å²) in [6, 6.07) is 76.9. The minimum Gasteiger partial charge on any atom is -0.237 e. The Labute approximate surface area is 389 Å². The van der Waals surface area contributed by atoms with Crippen LogP contribution in [-0.4, -0.2) is 36.1 Å². The fourth-order valence-electron chi connectivity index (χ4n) is 9.84. The Morgan fingerprint density at radius 3 is 0.939 bits per heavy atom. The average molecular weight is 881 g/mol. The van der Waals surface area contributed by atoms with Crippen molar-refractivity contribution in [2.24, 2.45) is 0 Å². The molecule has 4 heterocycles. The summed E-state index contributed by atoms with van der Waals surface area (Å²) in [7, 11) is -3.85. The summed E-state index contributed by atoms with van der Waals surface area (Å²) in [5.41, 5.74) is 16.3. The van der Waals surface area contributed by atoms with Gasteiger partial charge in [-0.15, -0.1) is 0 Å². The highest BCUT2D eigenvalue weighted by Gasteiger charge is 2.42. The molecule has 8 aromatic carbocycles. The number of aromatic nitrogens is 4. The van der Waals surface area contributed by atoms with Gasteiger partial charge in [0.1, 0.15) is 16.1 Å². The van der Waals surface area contributed by atoms with E-state index in [0.717, 1.165) is 45.3 Å². The van der Waals surface area contributed by atoms with Gasteiger partial charge in [0, 0.05) is 44.0 Å². The van der Waals surface area contributed by atoms with Crippen LogP contribution in [0.2, 0.25) is 26.2 Å². The van der Waals surface area contributed by atoms with E-state index in [1.165, 1.54) is 65.5 Å². The van der Waals surface area contributed by atoms with E-state index in [-0.39, 0.29) is 0 Å². The van der Waals surface area contributed by atoms with Gasteiger partial charge in [-0.3, -0.25) is 0 Å². The zero-order valence-electron chi connectivity index (χ0n) is 37.6. The van der Waals surface area contributed by atoms with E-state index in [0.29, 0.717) is 0 Å². The lowest BCUT2D eigenvalue weighted by atomic mass is 9.98. The van der Waals surface area contributed by atoms with E-state index in [1.54, 1.807) is 0 Å². The van der Waals surface area contributed by atoms with Crippen LogP contribution in [0.4, 0.5) is 0 Å². The fraction of sp³-hybridized carbons (Fsp3) is 0.0667. The van der Waals surface area contributed by atoms with Gasteiger partial charge in [-0.1, -0.05) is 245 Å². The average Bonchev–Trinajstić information content (AvgIpc) is 3.76. The van der Waals surface area contributed by atoms with Crippen molar-refractivity contribution in [3.63, 3.8) is 0 Å². The Morgan fingerprint density at radius 1 is 0.258 bits per heavy atom. The summed E-state index contributed by atoms with van der Waals surface area (Å²) >= 11 is 0. The number of nitrogens with zero attached hydrogens (tertiary/aromatic N) is 4. The molecule has 0 unspecified atom stereocenters. The largest absolute Gasteiger partial charge is 0.237 e. The molecule has 12 rings (SSSR count). The lowest BCUT2D eigenvalue weighted by Gasteiger charge is -2.19. The Morgan fingerprint density at radius 2 is 0.530 bits per heavy atom. The molecular formula is C60H48N4Si2. The number of hydrogen-bond donors (Lipinski definition) is 0. The van der Waals surface area contributed by atoms with Crippen molar-refractivity contribution in [3.8, 4) is 89.8 Å². The van der Waals surface area contributed by atoms with Crippen LogP contribution in [-0.2, 0) is 0 Å². The zero-order valence-corrected chi connectivity index (χ0v) is 39.6. The molecule has 0 saturated heterocycles. The zero-order chi connectivity index (χ0) is 44.8. The predicted molar refractivity (Wildman–Crippen MR) is 281 cm³/mol. The van der Waals surface area contributed by atoms with Gasteiger partial charge in [0.15, 0.2) is 11.6 Å². The van der Waals surface area contributed by atoms with Crippen molar-refractivity contribution >= 4 is 37.2 Å². The monoisotopic (exact) mass is 880 g/mol. The first-order chi connectivity index (χ1) is 32.3. The number of fused-ring (bicyclic) bond motifs is 6. The second-order valence-electron chi connectivity index (χ2n) is 18.2. The van der Waals surface area contributed by atoms with E-state index < -0.39 is 16.1 Å². The molecule has 66 heavy (non-hydrogen) atoms. The normalized spacial score (nSPS) is 13.4. The van der Waals surface area contributed by atoms with Crippen LogP contribution in [0.15, 0.2) is 218 Å². The van der Waals surface area contributed by atoms with Crippen LogP contribution < -0.4 is 21.0 Å². The molecule has 2 aromatic heterocycles. The Hall–Kier alpha value is -7.65. The highest BCUT2D eigenvalue weighted by atomic mass is 28.3. The second kappa shape index (κ2) is 16.7. The SMILES string of the molecule is C[Si]1(C)c2ccccc2-c2c(-c3ccc(-c4ccccc4)cc3)nc(-c3ccccc3)nc21.C[Si]1(C)c2ccccc2-c2c(-c3ccccc3)nc(-c3ccc(-c4ccccc4)cc3)nc21. The third-order valence-corrected chi connectivity index (χ3v) is 20.0. The minimum absolute atomic E-state index is 0.806. The van der Waals surface area contributed by atoms with Crippen LogP contribution >= 0.6 is 0 Å². The van der Waals surface area contributed by atoms with E-state index in [9.17, 15) is 0 Å². The molecule has 0 aliphatic carbocycles. The van der Waals surface area contributed by atoms with Crippen molar-refractivity contribution in [2.75, 3.05) is 0 Å². The van der Waals surface area contributed by atoms with Crippen LogP contribution in [0.5, 0.6) is 0 Å². The number of benzene rings is 8. The van der Waals surface area contributed by atoms with Crippen molar-refractivity contribution in [1.82, 2.24) is 19.9 Å². The third-order valence-electron chi connectivity index (χ3n) is 13.3. The summed E-state index contributed by atoms with van der Waals surface area (Å²) in [6.07, 6.45) is 0. The molecular weight excluding hydrogens is 833 g/mol. The second-order valence-corrected chi connectivity index (χ2v) is 26.7. The molecule has 0 bridgehead atoms. The third kappa shape index (κ3) is 7.25. The smallest absolute Gasteiger partial charge is 0.159 e. The maximum Gasteiger partial charge on any atom is 0.159 e. The quantitative estimate of drug-likeness (QED) is 0.156. The van der Waals surface area contributed by atoms with Crippen LogP contribution in [0.1, 0.15) is 0 Å². The molecule has 2 aliphatic heterocycles. The van der Waals surface area contributed by atoms with E-state index in [1.807, 2.05) is 12.1 Å². The summed E-state index contributed by atoms with van der Waals surface area (Å²) in [6.45, 7) is 9.62. The Balaban J connectivity index is 0.000000146. The lowest BCUT2D eigenvalue weighted by molar-refractivity contribution is 1.21. The topological polar surface area (TPSA) is 51.6 Å². The first-order valence-electron chi connectivity index (χ1n) is 22.7. The molecule has 0 atom stereocenters. The number of rotatable bonds is 6. The molecule has 316 valence electrons. The van der Waals surface area contributed by atoms with E-state index in [4.69, 9.17) is 19.9 Å². The maximum atomic E-state index is 5.23. The van der Waals surface area contributed by atoms with Gasteiger partial charge < -0.3 is 0 Å². The molecule has 4 nitrogen and oxygen atoms in total. The van der Waals surface area contributed by atoms with Gasteiger partial charge >= 0.3 is 0 Å². The molecule has 6 heteroatoms. The van der Waals surface area contributed by atoms with Crippen molar-refractivity contribution in [1.29, 1.82) is 0 Å². The lowest BCUT2D eigenvalue weighted by Crippen LogP contribution is -2.50. The fourth-order valence-corrected chi connectivity index (χ4v) is 15.7. The standard InChI is InChI=1S/2C30H24N2Si/c1-33(2)26-16-10-9-15-25(26)27-28(31-29(32-30(27)33)24-13-7-4-8-14-24)23-19-17-22(18-20-23)21-11-5-3-6-12-21;1-33(2)26-16-10-9-15-25(26)27-28(23-13-7-4-8-14-23)31-29(32-30(27)33)24-19-17-22(18-20-24)21-11-5-3-6-12-21/h2*3-20H,1-2H3. The van der Waals surface area contributed by atoms with Crippen molar-refractivity contribution in [3.05, 3.63) is 218 Å². The molecule has 0 radical (unpaired) electrons. The van der Waals surface area contributed by atoms with Crippen LogP contribution in [0, 0.1) is 0 Å². The summed E-state index contributed by atoms with van der Waals surface area (Å²) in [5.74, 6) is 1.62. The molecule has 0 saturated carbocycles. The van der Waals surface area contributed by atoms with E-state index >= 15 is 0 Å². The van der Waals surface area contributed by atoms with Crippen LogP contribution in [0.25, 0.3) is 89.8 Å². The van der Waals surface area contributed by atoms with Gasteiger partial charge in [0.2, 0.25) is 0 Å². The number of hydrogen-bond acceptors (Lipinski definition) is 4. The molecule has 0 amide bonds. The molecule has 2 aliphatic rings. The van der Waals surface area contributed by atoms with Crippen molar-refractivity contribution < 1.29 is 0 Å². The van der Waals surface area contributed by atoms with Crippen molar-refractivity contribution in [2.45, 2.75) is 26.2 Å². The Bertz CT molecular complexity index is 3370. The van der Waals surface area contributed by atoms with Gasteiger partial charge in [-0.25, -0.2) is 19.9 Å². The predicted octanol–water partition coefficient (Wildman–Crippen LogP) is 12.6. The van der Waals surface area contributed by atoms with Gasteiger partial charge in [0.05, 0.1) is 11.4 Å². The molecule has 0 fully saturated rings. The van der Waals surface area contributed by atoms with Gasteiger partial charge in [-0.05, 0) is 43.8 Å². The molecule has 10 aromatic rings. The van der Waals surface area contributed by atoms with Gasteiger partial charge in [-0.2, -0.15) is 0 Å². The highest BCUT2D eigenvalue weighted by molar-refractivity contribution is 7.04. The first-order valence-corrected chi connectivity index (χ1v) is 28.7. The maximum absolute atomic E-state index is 5.23. The molecule has 0 N–H and O–H groups in total. The van der Waals surface area contributed by atoms with E-state index in [2.05, 4.69) is 232 Å². The van der Waals surface area contributed by atoms with Crippen LogP contribution in [0.3, 0.4) is 0 Å². The first kappa shape index (κ1) is 41.1. The molecule has 0 spiro atoms. The minimum atomic E-state index is -1.92. The Kier molecular flexibility index (Phi) is 10.4. The summed E-state index contributed by atoms with van der Waals surface area (Å²) < 4.78 is 0.